The number of fused-ring (bicyclic) bond motifs is 1. The normalized spacial score (nSPS) is 12.6. The molecule has 4 rings (SSSR count). The predicted octanol–water partition coefficient (Wildman–Crippen LogP) is 3.26. The lowest BCUT2D eigenvalue weighted by molar-refractivity contribution is 0.0662. The van der Waals surface area contributed by atoms with Crippen LogP contribution in [0.1, 0.15) is 48.4 Å². The molecule has 0 radical (unpaired) electrons. The SMILES string of the molecule is CCN1C(=O)c2ccc(C(=O)Nc3cccc(C(=O)Nc4nccs4)c3)cc2C1=O. The zero-order chi connectivity index (χ0) is 21.3. The largest absolute Gasteiger partial charge is 0.322 e. The van der Waals surface area contributed by atoms with Gasteiger partial charge in [-0.1, -0.05) is 6.07 Å². The molecule has 8 nitrogen and oxygen atoms in total. The fraction of sp³-hybridized carbons (Fsp3) is 0.0952. The Labute approximate surface area is 175 Å². The molecule has 0 unspecified atom stereocenters. The number of aromatic nitrogens is 1. The lowest BCUT2D eigenvalue weighted by Gasteiger charge is -2.09. The highest BCUT2D eigenvalue weighted by atomic mass is 32.1. The van der Waals surface area contributed by atoms with Crippen molar-refractivity contribution >= 4 is 45.8 Å². The monoisotopic (exact) mass is 420 g/mol. The fourth-order valence-corrected chi connectivity index (χ4v) is 3.64. The number of imide groups is 1. The highest BCUT2D eigenvalue weighted by molar-refractivity contribution is 7.13. The van der Waals surface area contributed by atoms with Gasteiger partial charge in [0, 0.05) is 34.9 Å². The summed E-state index contributed by atoms with van der Waals surface area (Å²) in [6, 6.07) is 10.9. The van der Waals surface area contributed by atoms with Crippen molar-refractivity contribution in [1.29, 1.82) is 0 Å². The third-order valence-electron chi connectivity index (χ3n) is 4.58. The summed E-state index contributed by atoms with van der Waals surface area (Å²) in [5.74, 6) is -1.57. The van der Waals surface area contributed by atoms with Crippen molar-refractivity contribution in [3.63, 3.8) is 0 Å². The quantitative estimate of drug-likeness (QED) is 0.616. The molecule has 0 saturated carbocycles. The Balaban J connectivity index is 1.51. The van der Waals surface area contributed by atoms with Crippen molar-refractivity contribution in [3.8, 4) is 0 Å². The zero-order valence-corrected chi connectivity index (χ0v) is 16.7. The number of thiazole rings is 1. The van der Waals surface area contributed by atoms with Crippen molar-refractivity contribution in [3.05, 3.63) is 76.3 Å². The van der Waals surface area contributed by atoms with E-state index in [1.807, 2.05) is 0 Å². The van der Waals surface area contributed by atoms with Crippen LogP contribution in [-0.2, 0) is 0 Å². The van der Waals surface area contributed by atoms with Crippen LogP contribution in [-0.4, -0.2) is 40.1 Å². The van der Waals surface area contributed by atoms with E-state index < -0.39 is 11.8 Å². The van der Waals surface area contributed by atoms with Crippen LogP contribution in [0.3, 0.4) is 0 Å². The molecular formula is C21H16N4O4S. The number of nitrogens with one attached hydrogen (secondary N) is 2. The van der Waals surface area contributed by atoms with E-state index in [2.05, 4.69) is 15.6 Å². The number of rotatable bonds is 5. The maximum Gasteiger partial charge on any atom is 0.261 e. The second kappa shape index (κ2) is 7.88. The molecule has 2 N–H and O–H groups in total. The summed E-state index contributed by atoms with van der Waals surface area (Å²) in [5, 5.41) is 7.62. The van der Waals surface area contributed by atoms with Crippen LogP contribution in [0.4, 0.5) is 10.8 Å². The number of anilines is 2. The van der Waals surface area contributed by atoms with E-state index in [1.165, 1.54) is 29.5 Å². The molecule has 3 aromatic rings. The van der Waals surface area contributed by atoms with Gasteiger partial charge >= 0.3 is 0 Å². The molecule has 2 heterocycles. The van der Waals surface area contributed by atoms with E-state index in [-0.39, 0.29) is 29.5 Å². The molecule has 150 valence electrons. The summed E-state index contributed by atoms with van der Waals surface area (Å²) in [6.45, 7) is 1.98. The van der Waals surface area contributed by atoms with E-state index in [1.54, 1.807) is 42.8 Å². The summed E-state index contributed by atoms with van der Waals surface area (Å²) < 4.78 is 0. The highest BCUT2D eigenvalue weighted by Gasteiger charge is 2.34. The fourth-order valence-electron chi connectivity index (χ4n) is 3.12. The van der Waals surface area contributed by atoms with Crippen molar-refractivity contribution in [2.75, 3.05) is 17.2 Å². The summed E-state index contributed by atoms with van der Waals surface area (Å²) in [6.07, 6.45) is 1.59. The number of hydrogen-bond acceptors (Lipinski definition) is 6. The van der Waals surface area contributed by atoms with Gasteiger partial charge in [0.2, 0.25) is 0 Å². The topological polar surface area (TPSA) is 108 Å². The number of amides is 4. The Morgan fingerprint density at radius 3 is 2.43 bits per heavy atom. The van der Waals surface area contributed by atoms with E-state index in [0.29, 0.717) is 21.9 Å². The van der Waals surface area contributed by atoms with E-state index in [9.17, 15) is 19.2 Å². The summed E-state index contributed by atoms with van der Waals surface area (Å²) in [4.78, 5) is 54.7. The predicted molar refractivity (Wildman–Crippen MR) is 112 cm³/mol. The molecule has 9 heteroatoms. The Hall–Kier alpha value is -3.85. The first-order valence-electron chi connectivity index (χ1n) is 9.10. The van der Waals surface area contributed by atoms with Crippen molar-refractivity contribution in [1.82, 2.24) is 9.88 Å². The third-order valence-corrected chi connectivity index (χ3v) is 5.27. The van der Waals surface area contributed by atoms with Gasteiger partial charge in [0.1, 0.15) is 0 Å². The van der Waals surface area contributed by atoms with E-state index in [4.69, 9.17) is 0 Å². The number of nitrogens with zero attached hydrogens (tertiary/aromatic N) is 2. The molecule has 1 aliphatic rings. The first-order valence-corrected chi connectivity index (χ1v) is 9.98. The minimum absolute atomic E-state index is 0.214. The lowest BCUT2D eigenvalue weighted by Crippen LogP contribution is -2.29. The number of benzene rings is 2. The Bertz CT molecular complexity index is 1170. The molecule has 1 aliphatic heterocycles. The molecule has 0 saturated heterocycles. The van der Waals surface area contributed by atoms with Crippen LogP contribution in [0.25, 0.3) is 0 Å². The maximum absolute atomic E-state index is 12.7. The molecule has 0 aliphatic carbocycles. The first kappa shape index (κ1) is 19.5. The standard InChI is InChI=1S/C21H16N4O4S/c1-2-25-19(28)15-7-6-13(11-16(15)20(25)29)17(26)23-14-5-3-4-12(10-14)18(27)24-21-22-8-9-30-21/h3-11H,2H2,1H3,(H,23,26)(H,22,24,27). The number of carbonyl (C=O) groups excluding carboxylic acids is 4. The van der Waals surface area contributed by atoms with Gasteiger partial charge in [-0.05, 0) is 43.3 Å². The van der Waals surface area contributed by atoms with Gasteiger partial charge in [-0.3, -0.25) is 29.4 Å². The van der Waals surface area contributed by atoms with Gasteiger partial charge in [-0.15, -0.1) is 11.3 Å². The molecule has 2 aromatic carbocycles. The minimum Gasteiger partial charge on any atom is -0.322 e. The Morgan fingerprint density at radius 2 is 1.70 bits per heavy atom. The van der Waals surface area contributed by atoms with Gasteiger partial charge in [-0.25, -0.2) is 4.98 Å². The van der Waals surface area contributed by atoms with Crippen LogP contribution in [0.2, 0.25) is 0 Å². The van der Waals surface area contributed by atoms with E-state index >= 15 is 0 Å². The maximum atomic E-state index is 12.7. The highest BCUT2D eigenvalue weighted by Crippen LogP contribution is 2.24. The van der Waals surface area contributed by atoms with Crippen LogP contribution >= 0.6 is 11.3 Å². The smallest absolute Gasteiger partial charge is 0.261 e. The second-order valence-electron chi connectivity index (χ2n) is 6.44. The van der Waals surface area contributed by atoms with Crippen LogP contribution < -0.4 is 10.6 Å². The average Bonchev–Trinajstić information content (AvgIpc) is 3.34. The Morgan fingerprint density at radius 1 is 0.967 bits per heavy atom. The Kier molecular flexibility index (Phi) is 5.11. The van der Waals surface area contributed by atoms with Crippen LogP contribution in [0.5, 0.6) is 0 Å². The van der Waals surface area contributed by atoms with E-state index in [0.717, 1.165) is 4.90 Å². The lowest BCUT2D eigenvalue weighted by atomic mass is 10.1. The van der Waals surface area contributed by atoms with Gasteiger partial charge < -0.3 is 5.32 Å². The number of hydrogen-bond donors (Lipinski definition) is 2. The summed E-state index contributed by atoms with van der Waals surface area (Å²) >= 11 is 1.30. The molecular weight excluding hydrogens is 404 g/mol. The van der Waals surface area contributed by atoms with Gasteiger partial charge in [0.05, 0.1) is 11.1 Å². The molecule has 4 amide bonds. The van der Waals surface area contributed by atoms with Crippen LogP contribution in [0.15, 0.2) is 54.0 Å². The first-order chi connectivity index (χ1) is 14.5. The summed E-state index contributed by atoms with van der Waals surface area (Å²) in [5.41, 5.74) is 1.53. The second-order valence-corrected chi connectivity index (χ2v) is 7.34. The third kappa shape index (κ3) is 3.58. The molecule has 0 spiro atoms. The van der Waals surface area contributed by atoms with Gasteiger partial charge in [-0.2, -0.15) is 0 Å². The molecule has 30 heavy (non-hydrogen) atoms. The van der Waals surface area contributed by atoms with Crippen molar-refractivity contribution in [2.45, 2.75) is 6.92 Å². The van der Waals surface area contributed by atoms with Gasteiger partial charge in [0.15, 0.2) is 5.13 Å². The number of carbonyl (C=O) groups is 4. The molecule has 1 aromatic heterocycles. The van der Waals surface area contributed by atoms with Crippen molar-refractivity contribution < 1.29 is 19.2 Å². The molecule has 0 bridgehead atoms. The van der Waals surface area contributed by atoms with Crippen LogP contribution in [0, 0.1) is 0 Å². The van der Waals surface area contributed by atoms with Gasteiger partial charge in [0.25, 0.3) is 23.6 Å². The minimum atomic E-state index is -0.453. The molecule has 0 atom stereocenters. The zero-order valence-electron chi connectivity index (χ0n) is 15.8. The average molecular weight is 420 g/mol. The van der Waals surface area contributed by atoms with Crippen molar-refractivity contribution in [2.24, 2.45) is 0 Å². The molecule has 0 fully saturated rings. The summed E-state index contributed by atoms with van der Waals surface area (Å²) in [7, 11) is 0.